The zero-order valence-corrected chi connectivity index (χ0v) is 20.8. The lowest BCUT2D eigenvalue weighted by Crippen LogP contribution is -2.78. The van der Waals surface area contributed by atoms with Crippen LogP contribution in [0.4, 0.5) is 0 Å². The molecule has 192 valence electrons. The fraction of sp³-hybridized carbons (Fsp3) is 0.533. The minimum atomic E-state index is -1.03. The van der Waals surface area contributed by atoms with Gasteiger partial charge in [-0.3, -0.25) is 19.4 Å². The summed E-state index contributed by atoms with van der Waals surface area (Å²) in [5.74, 6) is 0.401. The molecule has 0 aromatic heterocycles. The van der Waals surface area contributed by atoms with Crippen LogP contribution in [0.2, 0.25) is 0 Å². The number of nitrogens with zero attached hydrogens (tertiary/aromatic N) is 2. The Bertz CT molecular complexity index is 1320. The second-order valence-electron chi connectivity index (χ2n) is 12.2. The number of likely N-dealkylation sites (tertiary alicyclic amines) is 2. The Morgan fingerprint density at radius 2 is 1.81 bits per heavy atom. The Labute approximate surface area is 216 Å². The third kappa shape index (κ3) is 2.74. The van der Waals surface area contributed by atoms with Crippen molar-refractivity contribution in [3.8, 4) is 11.5 Å². The molecule has 8 rings (SSSR count). The van der Waals surface area contributed by atoms with Gasteiger partial charge in [-0.1, -0.05) is 36.4 Å². The van der Waals surface area contributed by atoms with Crippen LogP contribution in [0.3, 0.4) is 0 Å². The van der Waals surface area contributed by atoms with Gasteiger partial charge in [0.15, 0.2) is 11.5 Å². The van der Waals surface area contributed by atoms with Gasteiger partial charge in [0.1, 0.15) is 6.10 Å². The number of ether oxygens (including phenoxy) is 1. The number of rotatable bonds is 4. The normalized spacial score (nSPS) is 38.0. The van der Waals surface area contributed by atoms with Gasteiger partial charge in [-0.15, -0.1) is 0 Å². The van der Waals surface area contributed by atoms with Crippen LogP contribution < -0.4 is 4.74 Å². The number of aromatic hydroxyl groups is 1. The van der Waals surface area contributed by atoms with Gasteiger partial charge in [0, 0.05) is 24.6 Å². The molecule has 7 nitrogen and oxygen atoms in total. The molecule has 3 aliphatic heterocycles. The van der Waals surface area contributed by atoms with Crippen LogP contribution in [0.25, 0.3) is 0 Å². The Morgan fingerprint density at radius 3 is 2.59 bits per heavy atom. The van der Waals surface area contributed by atoms with E-state index in [1.807, 2.05) is 36.4 Å². The molecular formula is C30H32N2O5. The van der Waals surface area contributed by atoms with Crippen LogP contribution in [0.15, 0.2) is 42.5 Å². The molecule has 3 aliphatic carbocycles. The molecule has 2 unspecified atom stereocenters. The van der Waals surface area contributed by atoms with E-state index in [9.17, 15) is 19.8 Å². The van der Waals surface area contributed by atoms with Crippen LogP contribution in [-0.2, 0) is 21.4 Å². The lowest BCUT2D eigenvalue weighted by atomic mass is 9.48. The zero-order chi connectivity index (χ0) is 25.1. The number of phenolic OH excluding ortho intramolecular Hbond substituents is 1. The lowest BCUT2D eigenvalue weighted by molar-refractivity contribution is -0.201. The van der Waals surface area contributed by atoms with Gasteiger partial charge in [-0.05, 0) is 68.2 Å². The van der Waals surface area contributed by atoms with Crippen molar-refractivity contribution < 1.29 is 24.5 Å². The number of amides is 2. The van der Waals surface area contributed by atoms with Crippen molar-refractivity contribution in [1.29, 1.82) is 0 Å². The van der Waals surface area contributed by atoms with E-state index < -0.39 is 29.1 Å². The number of benzene rings is 2. The summed E-state index contributed by atoms with van der Waals surface area (Å²) in [5, 5.41) is 23.5. The minimum Gasteiger partial charge on any atom is -0.504 e. The third-order valence-electron chi connectivity index (χ3n) is 10.4. The van der Waals surface area contributed by atoms with Crippen LogP contribution in [0.1, 0.15) is 61.1 Å². The highest BCUT2D eigenvalue weighted by molar-refractivity contribution is 6.06. The summed E-state index contributed by atoms with van der Waals surface area (Å²) < 4.78 is 6.59. The average molecular weight is 501 g/mol. The Morgan fingerprint density at radius 1 is 1.00 bits per heavy atom. The van der Waals surface area contributed by atoms with E-state index in [4.69, 9.17) is 4.74 Å². The highest BCUT2D eigenvalue weighted by atomic mass is 16.5. The highest BCUT2D eigenvalue weighted by Gasteiger charge is 2.74. The summed E-state index contributed by atoms with van der Waals surface area (Å²) >= 11 is 0. The maximum absolute atomic E-state index is 13.8. The van der Waals surface area contributed by atoms with Crippen molar-refractivity contribution in [3.05, 3.63) is 59.2 Å². The third-order valence-corrected chi connectivity index (χ3v) is 10.4. The summed E-state index contributed by atoms with van der Waals surface area (Å²) in [4.78, 5) is 31.1. The molecule has 37 heavy (non-hydrogen) atoms. The van der Waals surface area contributed by atoms with E-state index >= 15 is 0 Å². The Kier molecular flexibility index (Phi) is 4.40. The molecule has 2 aromatic carbocycles. The molecule has 4 fully saturated rings. The second kappa shape index (κ2) is 7.35. The van der Waals surface area contributed by atoms with Crippen molar-refractivity contribution in [2.45, 2.75) is 80.1 Å². The number of piperidine rings is 1. The molecule has 2 bridgehead atoms. The van der Waals surface area contributed by atoms with Gasteiger partial charge in [-0.25, -0.2) is 0 Å². The fourth-order valence-electron chi connectivity index (χ4n) is 8.66. The number of imide groups is 1. The smallest absolute Gasteiger partial charge is 0.237 e. The maximum Gasteiger partial charge on any atom is 0.237 e. The highest BCUT2D eigenvalue weighted by Crippen LogP contribution is 2.66. The quantitative estimate of drug-likeness (QED) is 0.628. The molecule has 2 amide bonds. The first-order chi connectivity index (χ1) is 17.9. The molecule has 6 aliphatic rings. The van der Waals surface area contributed by atoms with Gasteiger partial charge in [0.05, 0.1) is 23.0 Å². The molecule has 2 saturated carbocycles. The molecule has 1 spiro atoms. The molecule has 3 heterocycles. The van der Waals surface area contributed by atoms with Crippen molar-refractivity contribution in [3.63, 3.8) is 0 Å². The summed E-state index contributed by atoms with van der Waals surface area (Å²) in [6.07, 6.45) is 4.53. The predicted molar refractivity (Wildman–Crippen MR) is 134 cm³/mol. The largest absolute Gasteiger partial charge is 0.504 e. The van der Waals surface area contributed by atoms with Gasteiger partial charge >= 0.3 is 0 Å². The second-order valence-corrected chi connectivity index (χ2v) is 12.2. The van der Waals surface area contributed by atoms with Gasteiger partial charge in [-0.2, -0.15) is 0 Å². The molecule has 6 atom stereocenters. The van der Waals surface area contributed by atoms with Crippen LogP contribution >= 0.6 is 0 Å². The summed E-state index contributed by atoms with van der Waals surface area (Å²) in [6, 6.07) is 12.7. The van der Waals surface area contributed by atoms with Gasteiger partial charge < -0.3 is 14.9 Å². The summed E-state index contributed by atoms with van der Waals surface area (Å²) in [6.45, 7) is 1.86. The zero-order valence-electron chi connectivity index (χ0n) is 20.8. The van der Waals surface area contributed by atoms with E-state index in [2.05, 4.69) is 4.90 Å². The van der Waals surface area contributed by atoms with Crippen molar-refractivity contribution >= 4 is 11.8 Å². The Hall–Kier alpha value is -2.90. The topological polar surface area (TPSA) is 90.3 Å². The van der Waals surface area contributed by atoms with E-state index in [1.54, 1.807) is 6.07 Å². The number of phenols is 1. The number of aliphatic hydroxyl groups is 1. The molecule has 2 saturated heterocycles. The Balaban J connectivity index is 1.23. The van der Waals surface area contributed by atoms with Crippen LogP contribution in [0, 0.1) is 5.92 Å². The standard InChI is InChI=1S/C30H32N2O5/c33-22-9-8-19-14-23-30(36)11-10-21(32-24(34)15-20(28(32)35)18-4-2-1-3-5-18)27-29(30,25(19)26(22)37-27)12-13-31(23)16-17-6-7-17/h1-5,8-9,17,20-21,23,27,33,36H,6-7,10-16H2/t20?,21-,23-,27+,29+,30?/m1/s1. The lowest BCUT2D eigenvalue weighted by Gasteiger charge is -2.64. The molecule has 7 heteroatoms. The number of carbonyl (C=O) groups excluding carboxylic acids is 2. The van der Waals surface area contributed by atoms with Crippen molar-refractivity contribution in [2.24, 2.45) is 5.92 Å². The van der Waals surface area contributed by atoms with E-state index in [1.165, 1.54) is 17.7 Å². The monoisotopic (exact) mass is 500 g/mol. The van der Waals surface area contributed by atoms with Crippen molar-refractivity contribution in [1.82, 2.24) is 9.80 Å². The summed E-state index contributed by atoms with van der Waals surface area (Å²) in [5.41, 5.74) is 1.12. The van der Waals surface area contributed by atoms with E-state index in [0.717, 1.165) is 42.1 Å². The average Bonchev–Trinajstić information content (AvgIpc) is 3.57. The predicted octanol–water partition coefficient (Wildman–Crippen LogP) is 2.87. The number of carbonyl (C=O) groups is 2. The summed E-state index contributed by atoms with van der Waals surface area (Å²) in [7, 11) is 0. The van der Waals surface area contributed by atoms with E-state index in [-0.39, 0.29) is 30.0 Å². The molecule has 2 aromatic rings. The first kappa shape index (κ1) is 22.1. The first-order valence-corrected chi connectivity index (χ1v) is 13.8. The van der Waals surface area contributed by atoms with Gasteiger partial charge in [0.25, 0.3) is 0 Å². The van der Waals surface area contributed by atoms with Crippen molar-refractivity contribution in [2.75, 3.05) is 13.1 Å². The van der Waals surface area contributed by atoms with E-state index in [0.29, 0.717) is 25.0 Å². The molecule has 0 radical (unpaired) electrons. The maximum atomic E-state index is 13.8. The molecule has 2 N–H and O–H groups in total. The fourth-order valence-corrected chi connectivity index (χ4v) is 8.66. The number of hydrogen-bond donors (Lipinski definition) is 2. The van der Waals surface area contributed by atoms with Crippen LogP contribution in [0.5, 0.6) is 11.5 Å². The molecular weight excluding hydrogens is 468 g/mol. The minimum absolute atomic E-state index is 0.0288. The van der Waals surface area contributed by atoms with Gasteiger partial charge in [0.2, 0.25) is 11.8 Å². The van der Waals surface area contributed by atoms with Crippen LogP contribution in [-0.4, -0.2) is 68.7 Å². The SMILES string of the molecule is O=C1CC(c2ccccc2)C(=O)N1[C@@H]1CCC2(O)[C@H]3Cc4ccc(O)c5c4[C@@]2(CCN3CC2CC2)[C@H]1O5. The number of hydrogen-bond acceptors (Lipinski definition) is 6. The first-order valence-electron chi connectivity index (χ1n) is 13.8.